The number of aliphatic imine (C=N–C) groups is 1. The summed E-state index contributed by atoms with van der Waals surface area (Å²) >= 11 is 0. The lowest BCUT2D eigenvalue weighted by Gasteiger charge is -2.17. The molecule has 0 radical (unpaired) electrons. The third-order valence-corrected chi connectivity index (χ3v) is 2.51. The van der Waals surface area contributed by atoms with Gasteiger partial charge in [0.1, 0.15) is 0 Å². The molecule has 0 aromatic carbocycles. The molecule has 0 aliphatic rings. The second-order valence-corrected chi connectivity index (χ2v) is 4.08. The van der Waals surface area contributed by atoms with Gasteiger partial charge in [-0.05, 0) is 13.5 Å². The Bertz CT molecular complexity index is 203. The molecule has 5 nitrogen and oxygen atoms in total. The first-order chi connectivity index (χ1) is 8.24. The van der Waals surface area contributed by atoms with E-state index in [9.17, 15) is 0 Å². The zero-order valence-electron chi connectivity index (χ0n) is 12.2. The molecule has 0 atom stereocenters. The van der Waals surface area contributed by atoms with Crippen LogP contribution in [0, 0.1) is 0 Å². The topological polar surface area (TPSA) is 48.9 Å². The van der Waals surface area contributed by atoms with Crippen molar-refractivity contribution in [1.82, 2.24) is 15.5 Å². The summed E-state index contributed by atoms with van der Waals surface area (Å²) in [5, 5.41) is 6.57. The van der Waals surface area contributed by atoms with Crippen molar-refractivity contribution < 1.29 is 4.74 Å². The van der Waals surface area contributed by atoms with E-state index in [1.807, 2.05) is 0 Å². The molecule has 0 aliphatic heterocycles. The number of rotatable bonds is 9. The molecule has 0 rings (SSSR count). The molecule has 0 unspecified atom stereocenters. The smallest absolute Gasteiger partial charge is 0.191 e. The Balaban J connectivity index is 0. The molecule has 2 N–H and O–H groups in total. The predicted molar refractivity (Wildman–Crippen MR) is 89.1 cm³/mol. The summed E-state index contributed by atoms with van der Waals surface area (Å²) in [5.41, 5.74) is 0. The van der Waals surface area contributed by atoms with Crippen LogP contribution in [0.2, 0.25) is 0 Å². The van der Waals surface area contributed by atoms with E-state index in [1.165, 1.54) is 12.8 Å². The predicted octanol–water partition coefficient (Wildman–Crippen LogP) is 1.15. The summed E-state index contributed by atoms with van der Waals surface area (Å²) in [7, 11) is 5.62. The molecule has 18 heavy (non-hydrogen) atoms. The van der Waals surface area contributed by atoms with Crippen LogP contribution in [0.15, 0.2) is 4.99 Å². The minimum atomic E-state index is 0. The summed E-state index contributed by atoms with van der Waals surface area (Å²) in [6.07, 6.45) is 2.37. The Morgan fingerprint density at radius 2 is 1.89 bits per heavy atom. The van der Waals surface area contributed by atoms with E-state index in [4.69, 9.17) is 4.74 Å². The van der Waals surface area contributed by atoms with Gasteiger partial charge in [0.15, 0.2) is 5.96 Å². The number of guanidine groups is 1. The lowest BCUT2D eigenvalue weighted by atomic mass is 10.3. The molecular formula is C12H29IN4O. The van der Waals surface area contributed by atoms with Crippen molar-refractivity contribution in [3.63, 3.8) is 0 Å². The maximum absolute atomic E-state index is 5.03. The lowest BCUT2D eigenvalue weighted by Crippen LogP contribution is -2.41. The summed E-state index contributed by atoms with van der Waals surface area (Å²) in [6.45, 7) is 6.78. The van der Waals surface area contributed by atoms with Crippen LogP contribution in [-0.2, 0) is 4.74 Å². The Morgan fingerprint density at radius 1 is 1.22 bits per heavy atom. The number of hydrogen-bond acceptors (Lipinski definition) is 3. The van der Waals surface area contributed by atoms with Crippen molar-refractivity contribution in [3.8, 4) is 0 Å². The Morgan fingerprint density at radius 3 is 2.44 bits per heavy atom. The van der Waals surface area contributed by atoms with Gasteiger partial charge in [-0.15, -0.1) is 24.0 Å². The number of halogens is 1. The first-order valence-corrected chi connectivity index (χ1v) is 6.36. The van der Waals surface area contributed by atoms with Crippen molar-refractivity contribution in [1.29, 1.82) is 0 Å². The second kappa shape index (κ2) is 15.0. The van der Waals surface area contributed by atoms with Gasteiger partial charge in [-0.2, -0.15) is 0 Å². The van der Waals surface area contributed by atoms with E-state index in [-0.39, 0.29) is 24.0 Å². The van der Waals surface area contributed by atoms with Crippen LogP contribution < -0.4 is 10.6 Å². The van der Waals surface area contributed by atoms with Crippen molar-refractivity contribution >= 4 is 29.9 Å². The van der Waals surface area contributed by atoms with Crippen LogP contribution in [0.5, 0.6) is 0 Å². The first-order valence-electron chi connectivity index (χ1n) is 6.36. The monoisotopic (exact) mass is 372 g/mol. The zero-order valence-corrected chi connectivity index (χ0v) is 14.5. The molecule has 0 aromatic heterocycles. The molecule has 0 fully saturated rings. The normalized spacial score (nSPS) is 11.3. The van der Waals surface area contributed by atoms with Crippen LogP contribution in [-0.4, -0.2) is 64.9 Å². The number of methoxy groups -OCH3 is 1. The molecule has 0 bridgehead atoms. The van der Waals surface area contributed by atoms with Gasteiger partial charge in [0, 0.05) is 40.3 Å². The van der Waals surface area contributed by atoms with E-state index in [0.29, 0.717) is 0 Å². The number of ether oxygens (including phenoxy) is 1. The maximum atomic E-state index is 5.03. The second-order valence-electron chi connectivity index (χ2n) is 4.08. The minimum absolute atomic E-state index is 0. The summed E-state index contributed by atoms with van der Waals surface area (Å²) in [5.74, 6) is 0.888. The van der Waals surface area contributed by atoms with Crippen LogP contribution in [0.25, 0.3) is 0 Å². The standard InChI is InChI=1S/C12H28N4O.HI/c1-5-6-7-14-12(13-2)15-8-9-16(3)10-11-17-4;/h5-11H2,1-4H3,(H2,13,14,15);1H. The molecular weight excluding hydrogens is 343 g/mol. The third-order valence-electron chi connectivity index (χ3n) is 2.51. The van der Waals surface area contributed by atoms with Crippen LogP contribution in [0.4, 0.5) is 0 Å². The molecule has 6 heteroatoms. The van der Waals surface area contributed by atoms with E-state index >= 15 is 0 Å². The molecule has 0 spiro atoms. The SMILES string of the molecule is CCCCNC(=NC)NCCN(C)CCOC.I. The molecule has 0 amide bonds. The Labute approximate surface area is 129 Å². The highest BCUT2D eigenvalue weighted by Crippen LogP contribution is 1.83. The Hall–Kier alpha value is -0.0800. The summed E-state index contributed by atoms with van der Waals surface area (Å²) in [6, 6.07) is 0. The average Bonchev–Trinajstić information content (AvgIpc) is 2.34. The number of nitrogens with one attached hydrogen (secondary N) is 2. The number of nitrogens with zero attached hydrogens (tertiary/aromatic N) is 2. The highest BCUT2D eigenvalue weighted by Gasteiger charge is 1.99. The van der Waals surface area contributed by atoms with Gasteiger partial charge in [-0.3, -0.25) is 4.99 Å². The van der Waals surface area contributed by atoms with Gasteiger partial charge in [0.25, 0.3) is 0 Å². The van der Waals surface area contributed by atoms with Crippen LogP contribution in [0.3, 0.4) is 0 Å². The minimum Gasteiger partial charge on any atom is -0.383 e. The van der Waals surface area contributed by atoms with Crippen LogP contribution >= 0.6 is 24.0 Å². The largest absolute Gasteiger partial charge is 0.383 e. The summed E-state index contributed by atoms with van der Waals surface area (Å²) < 4.78 is 5.03. The van der Waals surface area contributed by atoms with Gasteiger partial charge in [-0.25, -0.2) is 0 Å². The van der Waals surface area contributed by atoms with Crippen molar-refractivity contribution in [2.24, 2.45) is 4.99 Å². The first kappa shape index (κ1) is 20.2. The molecule has 0 aromatic rings. The number of likely N-dealkylation sites (N-methyl/N-ethyl adjacent to an activating group) is 1. The van der Waals surface area contributed by atoms with Crippen molar-refractivity contribution in [2.45, 2.75) is 19.8 Å². The molecule has 110 valence electrons. The summed E-state index contributed by atoms with van der Waals surface area (Å²) in [4.78, 5) is 6.40. The number of hydrogen-bond donors (Lipinski definition) is 2. The molecule has 0 saturated heterocycles. The van der Waals surface area contributed by atoms with E-state index < -0.39 is 0 Å². The van der Waals surface area contributed by atoms with Gasteiger partial charge in [-0.1, -0.05) is 13.3 Å². The highest BCUT2D eigenvalue weighted by atomic mass is 127. The van der Waals surface area contributed by atoms with Gasteiger partial charge in [0.2, 0.25) is 0 Å². The maximum Gasteiger partial charge on any atom is 0.191 e. The quantitative estimate of drug-likeness (QED) is 0.276. The number of unbranched alkanes of at least 4 members (excludes halogenated alkanes) is 1. The van der Waals surface area contributed by atoms with E-state index in [0.717, 1.165) is 38.7 Å². The van der Waals surface area contributed by atoms with E-state index in [1.54, 1.807) is 14.2 Å². The van der Waals surface area contributed by atoms with Gasteiger partial charge >= 0.3 is 0 Å². The van der Waals surface area contributed by atoms with Crippen molar-refractivity contribution in [3.05, 3.63) is 0 Å². The molecule has 0 saturated carbocycles. The fraction of sp³-hybridized carbons (Fsp3) is 0.917. The van der Waals surface area contributed by atoms with Crippen molar-refractivity contribution in [2.75, 3.05) is 54.0 Å². The third kappa shape index (κ3) is 12.4. The Kier molecular flexibility index (Phi) is 16.8. The molecule has 0 heterocycles. The van der Waals surface area contributed by atoms with Crippen LogP contribution in [0.1, 0.15) is 19.8 Å². The lowest BCUT2D eigenvalue weighted by molar-refractivity contribution is 0.162. The zero-order chi connectivity index (χ0) is 12.9. The fourth-order valence-electron chi connectivity index (χ4n) is 1.33. The van der Waals surface area contributed by atoms with Gasteiger partial charge < -0.3 is 20.3 Å². The van der Waals surface area contributed by atoms with Gasteiger partial charge in [0.05, 0.1) is 6.61 Å². The highest BCUT2D eigenvalue weighted by molar-refractivity contribution is 14.0. The average molecular weight is 372 g/mol. The fourth-order valence-corrected chi connectivity index (χ4v) is 1.33. The van der Waals surface area contributed by atoms with E-state index in [2.05, 4.69) is 34.5 Å². The molecule has 0 aliphatic carbocycles.